The van der Waals surface area contributed by atoms with E-state index < -0.39 is 0 Å². The summed E-state index contributed by atoms with van der Waals surface area (Å²) in [6.45, 7) is 7.62. The lowest BCUT2D eigenvalue weighted by molar-refractivity contribution is 0.687. The first-order valence-corrected chi connectivity index (χ1v) is 9.70. The molecule has 0 radical (unpaired) electrons. The molecule has 0 atom stereocenters. The van der Waals surface area contributed by atoms with Gasteiger partial charge in [-0.05, 0) is 38.8 Å². The third-order valence-electron chi connectivity index (χ3n) is 3.80. The van der Waals surface area contributed by atoms with Crippen LogP contribution in [0.4, 0.5) is 5.69 Å². The first kappa shape index (κ1) is 22.7. The lowest BCUT2D eigenvalue weighted by Gasteiger charge is -2.19. The van der Waals surface area contributed by atoms with Gasteiger partial charge in [0.1, 0.15) is 5.01 Å². The predicted octanol–water partition coefficient (Wildman–Crippen LogP) is 4.04. The highest BCUT2D eigenvalue weighted by atomic mass is 127. The van der Waals surface area contributed by atoms with Crippen molar-refractivity contribution >= 4 is 47.0 Å². The van der Waals surface area contributed by atoms with Crippen LogP contribution >= 0.6 is 35.3 Å². The molecule has 2 N–H and O–H groups in total. The number of para-hydroxylation sites is 1. The van der Waals surface area contributed by atoms with Crippen molar-refractivity contribution in [2.24, 2.45) is 4.99 Å². The Kier molecular flexibility index (Phi) is 11.3. The number of guanidine groups is 1. The molecule has 1 aromatic heterocycles. The zero-order valence-electron chi connectivity index (χ0n) is 15.9. The third-order valence-corrected chi connectivity index (χ3v) is 4.69. The summed E-state index contributed by atoms with van der Waals surface area (Å²) < 4.78 is 0. The fourth-order valence-electron chi connectivity index (χ4n) is 2.46. The number of nitrogens with one attached hydrogen (secondary N) is 2. The summed E-state index contributed by atoms with van der Waals surface area (Å²) in [6.07, 6.45) is 4.15. The summed E-state index contributed by atoms with van der Waals surface area (Å²) in [4.78, 5) is 12.5. The Balaban J connectivity index is 0.00000338. The molecule has 1 aromatic carbocycles. The van der Waals surface area contributed by atoms with Crippen LogP contribution in [0.5, 0.6) is 0 Å². The number of aliphatic imine (C=N–C) groups is 1. The van der Waals surface area contributed by atoms with Crippen LogP contribution in [0.25, 0.3) is 0 Å². The minimum absolute atomic E-state index is 0. The number of aryl methyl sites for hydroxylation is 1. The Hall–Kier alpha value is -1.35. The second-order valence-electron chi connectivity index (χ2n) is 5.95. The highest BCUT2D eigenvalue weighted by Gasteiger charge is 2.02. The molecule has 0 fully saturated rings. The van der Waals surface area contributed by atoms with Crippen LogP contribution in [-0.4, -0.2) is 37.6 Å². The Morgan fingerprint density at radius 1 is 1.19 bits per heavy atom. The monoisotopic (exact) mass is 487 g/mol. The molecule has 1 heterocycles. The zero-order valence-corrected chi connectivity index (χ0v) is 19.0. The lowest BCUT2D eigenvalue weighted by atomic mass is 10.2. The second kappa shape index (κ2) is 12.9. The minimum atomic E-state index is 0. The number of halogens is 1. The molecule has 0 aliphatic carbocycles. The fourth-order valence-corrected chi connectivity index (χ4v) is 3.17. The maximum Gasteiger partial charge on any atom is 0.191 e. The molecule has 26 heavy (non-hydrogen) atoms. The van der Waals surface area contributed by atoms with Gasteiger partial charge in [0.15, 0.2) is 5.96 Å². The molecular weight excluding hydrogens is 457 g/mol. The number of unbranched alkanes of at least 4 members (excludes halogenated alkanes) is 1. The SMILES string of the molecule is CCNC(=NCc1ncc(C)s1)NCCCCN(C)c1ccccc1.I. The number of hydrogen-bond acceptors (Lipinski definition) is 4. The van der Waals surface area contributed by atoms with E-state index in [0.717, 1.165) is 43.4 Å². The van der Waals surface area contributed by atoms with E-state index in [0.29, 0.717) is 6.54 Å². The number of benzene rings is 1. The highest BCUT2D eigenvalue weighted by Crippen LogP contribution is 2.12. The van der Waals surface area contributed by atoms with E-state index >= 15 is 0 Å². The first-order valence-electron chi connectivity index (χ1n) is 8.88. The Bertz CT molecular complexity index is 644. The zero-order chi connectivity index (χ0) is 17.9. The number of anilines is 1. The first-order chi connectivity index (χ1) is 12.2. The van der Waals surface area contributed by atoms with Gasteiger partial charge >= 0.3 is 0 Å². The second-order valence-corrected chi connectivity index (χ2v) is 7.27. The fraction of sp³-hybridized carbons (Fsp3) is 0.474. The predicted molar refractivity (Wildman–Crippen MR) is 124 cm³/mol. The molecule has 5 nitrogen and oxygen atoms in total. The Labute approximate surface area is 178 Å². The molecule has 0 bridgehead atoms. The normalized spacial score (nSPS) is 11.0. The van der Waals surface area contributed by atoms with Crippen LogP contribution in [-0.2, 0) is 6.54 Å². The maximum absolute atomic E-state index is 4.61. The van der Waals surface area contributed by atoms with E-state index in [-0.39, 0.29) is 24.0 Å². The topological polar surface area (TPSA) is 52.6 Å². The molecule has 7 heteroatoms. The van der Waals surface area contributed by atoms with Crippen molar-refractivity contribution < 1.29 is 0 Å². The largest absolute Gasteiger partial charge is 0.375 e. The van der Waals surface area contributed by atoms with Gasteiger partial charge in [-0.2, -0.15) is 0 Å². The quantitative estimate of drug-likeness (QED) is 0.243. The van der Waals surface area contributed by atoms with Crippen LogP contribution in [0.2, 0.25) is 0 Å². The van der Waals surface area contributed by atoms with E-state index in [9.17, 15) is 0 Å². The standard InChI is InChI=1S/C19H29N5S.HI/c1-4-20-19(23-15-18-22-14-16(2)25-18)21-12-8-9-13-24(3)17-10-6-5-7-11-17;/h5-7,10-11,14H,4,8-9,12-13,15H2,1-3H3,(H2,20,21,23);1H. The van der Waals surface area contributed by atoms with E-state index in [1.165, 1.54) is 10.6 Å². The average molecular weight is 487 g/mol. The molecule has 0 aliphatic heterocycles. The van der Waals surface area contributed by atoms with Gasteiger partial charge in [-0.15, -0.1) is 35.3 Å². The van der Waals surface area contributed by atoms with Gasteiger partial charge in [-0.25, -0.2) is 9.98 Å². The van der Waals surface area contributed by atoms with Crippen molar-refractivity contribution in [3.8, 4) is 0 Å². The molecule has 0 unspecified atom stereocenters. The molecule has 2 aromatic rings. The summed E-state index contributed by atoms with van der Waals surface area (Å²) >= 11 is 1.70. The van der Waals surface area contributed by atoms with Crippen LogP contribution in [0.15, 0.2) is 41.5 Å². The highest BCUT2D eigenvalue weighted by molar-refractivity contribution is 14.0. The van der Waals surface area contributed by atoms with Crippen LogP contribution in [0.3, 0.4) is 0 Å². The molecular formula is C19H30IN5S. The Morgan fingerprint density at radius 2 is 1.96 bits per heavy atom. The van der Waals surface area contributed by atoms with E-state index in [1.807, 2.05) is 6.20 Å². The number of rotatable bonds is 9. The summed E-state index contributed by atoms with van der Waals surface area (Å²) in [6, 6.07) is 10.5. The summed E-state index contributed by atoms with van der Waals surface area (Å²) in [5, 5.41) is 7.75. The van der Waals surface area contributed by atoms with Crippen molar-refractivity contribution in [2.45, 2.75) is 33.2 Å². The van der Waals surface area contributed by atoms with E-state index in [1.54, 1.807) is 11.3 Å². The summed E-state index contributed by atoms with van der Waals surface area (Å²) in [5.74, 6) is 0.867. The van der Waals surface area contributed by atoms with Gasteiger partial charge < -0.3 is 15.5 Å². The minimum Gasteiger partial charge on any atom is -0.375 e. The van der Waals surface area contributed by atoms with Gasteiger partial charge in [0.2, 0.25) is 0 Å². The molecule has 0 amide bonds. The maximum atomic E-state index is 4.61. The van der Waals surface area contributed by atoms with Gasteiger partial charge in [0.05, 0.1) is 6.54 Å². The van der Waals surface area contributed by atoms with Crippen molar-refractivity contribution in [2.75, 3.05) is 31.6 Å². The number of thiazole rings is 1. The van der Waals surface area contributed by atoms with Crippen LogP contribution in [0, 0.1) is 6.92 Å². The van der Waals surface area contributed by atoms with Gasteiger partial charge in [-0.1, -0.05) is 18.2 Å². The van der Waals surface area contributed by atoms with Gasteiger partial charge in [-0.3, -0.25) is 0 Å². The number of aromatic nitrogens is 1. The molecule has 0 saturated heterocycles. The molecule has 144 valence electrons. The Morgan fingerprint density at radius 3 is 2.62 bits per heavy atom. The molecule has 0 spiro atoms. The van der Waals surface area contributed by atoms with Crippen molar-refractivity contribution in [1.82, 2.24) is 15.6 Å². The van der Waals surface area contributed by atoms with Crippen molar-refractivity contribution in [1.29, 1.82) is 0 Å². The average Bonchev–Trinajstić information content (AvgIpc) is 3.05. The molecule has 2 rings (SSSR count). The van der Waals surface area contributed by atoms with Gasteiger partial charge in [0, 0.05) is 43.4 Å². The summed E-state index contributed by atoms with van der Waals surface area (Å²) in [7, 11) is 2.14. The van der Waals surface area contributed by atoms with Gasteiger partial charge in [0.25, 0.3) is 0 Å². The molecule has 0 aliphatic rings. The lowest BCUT2D eigenvalue weighted by Crippen LogP contribution is -2.38. The van der Waals surface area contributed by atoms with E-state index in [2.05, 4.69) is 76.7 Å². The number of hydrogen-bond donors (Lipinski definition) is 2. The van der Waals surface area contributed by atoms with Crippen LogP contribution in [0.1, 0.15) is 29.7 Å². The van der Waals surface area contributed by atoms with Crippen molar-refractivity contribution in [3.05, 3.63) is 46.4 Å². The number of nitrogens with zero attached hydrogens (tertiary/aromatic N) is 3. The van der Waals surface area contributed by atoms with Crippen molar-refractivity contribution in [3.63, 3.8) is 0 Å². The smallest absolute Gasteiger partial charge is 0.191 e. The molecule has 0 saturated carbocycles. The van der Waals surface area contributed by atoms with E-state index in [4.69, 9.17) is 0 Å². The van der Waals surface area contributed by atoms with Crippen LogP contribution < -0.4 is 15.5 Å². The third kappa shape index (κ3) is 8.35. The summed E-state index contributed by atoms with van der Waals surface area (Å²) in [5.41, 5.74) is 1.27.